The SMILES string of the molecule is C=CC(=O)Nc1ccc(Cc2nc3c(-c4cc(OC)cc(OC)c4Cl)cc4cnc(NCCN5CCOCC5)nc4n3n2)cc1. The third kappa shape index (κ3) is 6.68. The van der Waals surface area contributed by atoms with Gasteiger partial charge in [0.25, 0.3) is 0 Å². The largest absolute Gasteiger partial charge is 0.497 e. The van der Waals surface area contributed by atoms with E-state index in [1.165, 1.54) is 6.08 Å². The Morgan fingerprint density at radius 1 is 1.07 bits per heavy atom. The van der Waals surface area contributed by atoms with Crippen LogP contribution in [0.3, 0.4) is 0 Å². The number of amides is 1. The Bertz CT molecular complexity index is 1850. The molecule has 4 heterocycles. The fourth-order valence-corrected chi connectivity index (χ4v) is 5.46. The first-order valence-corrected chi connectivity index (χ1v) is 14.9. The highest BCUT2D eigenvalue weighted by atomic mass is 35.5. The lowest BCUT2D eigenvalue weighted by Crippen LogP contribution is -2.39. The summed E-state index contributed by atoms with van der Waals surface area (Å²) in [7, 11) is 3.15. The maximum absolute atomic E-state index is 11.7. The van der Waals surface area contributed by atoms with Gasteiger partial charge in [0.05, 0.1) is 32.5 Å². The van der Waals surface area contributed by atoms with Crippen LogP contribution in [0.2, 0.25) is 5.02 Å². The Morgan fingerprint density at radius 3 is 2.60 bits per heavy atom. The van der Waals surface area contributed by atoms with Gasteiger partial charge in [-0.2, -0.15) is 9.50 Å². The van der Waals surface area contributed by atoms with Crippen LogP contribution in [0.15, 0.2) is 61.3 Å². The number of aromatic nitrogens is 5. The number of ether oxygens (including phenoxy) is 3. The zero-order valence-electron chi connectivity index (χ0n) is 25.0. The molecule has 1 aliphatic rings. The second-order valence-corrected chi connectivity index (χ2v) is 10.8. The number of benzene rings is 2. The van der Waals surface area contributed by atoms with E-state index >= 15 is 0 Å². The van der Waals surface area contributed by atoms with Crippen molar-refractivity contribution in [3.05, 3.63) is 77.7 Å². The topological polar surface area (TPSA) is 128 Å². The number of carbonyl (C=O) groups excluding carboxylic acids is 1. The average Bonchev–Trinajstić information content (AvgIpc) is 3.50. The number of fused-ring (bicyclic) bond motifs is 3. The first-order chi connectivity index (χ1) is 21.9. The number of anilines is 2. The Labute approximate surface area is 265 Å². The predicted molar refractivity (Wildman–Crippen MR) is 173 cm³/mol. The second kappa shape index (κ2) is 13.5. The molecule has 0 saturated carbocycles. The summed E-state index contributed by atoms with van der Waals surface area (Å²) in [5.74, 6) is 1.87. The van der Waals surface area contributed by atoms with Crippen molar-refractivity contribution in [3.8, 4) is 22.6 Å². The summed E-state index contributed by atoms with van der Waals surface area (Å²) in [6.07, 6.45) is 3.45. The third-order valence-corrected chi connectivity index (χ3v) is 7.92. The van der Waals surface area contributed by atoms with Crippen LogP contribution in [0.4, 0.5) is 11.6 Å². The van der Waals surface area contributed by atoms with Gasteiger partial charge in [0.1, 0.15) is 11.5 Å². The van der Waals surface area contributed by atoms with E-state index in [9.17, 15) is 4.79 Å². The van der Waals surface area contributed by atoms with Crippen molar-refractivity contribution in [2.45, 2.75) is 6.42 Å². The number of carbonyl (C=O) groups is 1. The molecule has 0 atom stereocenters. The van der Waals surface area contributed by atoms with Crippen LogP contribution < -0.4 is 20.1 Å². The minimum Gasteiger partial charge on any atom is -0.497 e. The lowest BCUT2D eigenvalue weighted by atomic mass is 10.0. The summed E-state index contributed by atoms with van der Waals surface area (Å²) in [4.78, 5) is 28.4. The van der Waals surface area contributed by atoms with E-state index in [0.717, 1.165) is 49.4 Å². The fourth-order valence-electron chi connectivity index (χ4n) is 5.18. The minimum absolute atomic E-state index is 0.269. The van der Waals surface area contributed by atoms with E-state index < -0.39 is 0 Å². The molecule has 13 heteroatoms. The number of nitrogens with one attached hydrogen (secondary N) is 2. The maximum Gasteiger partial charge on any atom is 0.247 e. The molecule has 5 aromatic rings. The Hall–Kier alpha value is -4.78. The van der Waals surface area contributed by atoms with Crippen molar-refractivity contribution in [1.82, 2.24) is 29.5 Å². The van der Waals surface area contributed by atoms with Crippen LogP contribution in [-0.2, 0) is 16.0 Å². The van der Waals surface area contributed by atoms with Crippen LogP contribution in [0.1, 0.15) is 11.4 Å². The van der Waals surface area contributed by atoms with Crippen molar-refractivity contribution in [2.75, 3.05) is 64.2 Å². The first-order valence-electron chi connectivity index (χ1n) is 14.5. The Kier molecular flexibility index (Phi) is 9.06. The number of methoxy groups -OCH3 is 2. The number of hydrogen-bond acceptors (Lipinski definition) is 10. The zero-order chi connectivity index (χ0) is 31.3. The van der Waals surface area contributed by atoms with Crippen molar-refractivity contribution < 1.29 is 19.0 Å². The number of hydrogen-bond donors (Lipinski definition) is 2. The van der Waals surface area contributed by atoms with Crippen LogP contribution in [-0.4, -0.2) is 89.0 Å². The maximum atomic E-state index is 11.7. The summed E-state index contributed by atoms with van der Waals surface area (Å²) in [5, 5.41) is 12.2. The van der Waals surface area contributed by atoms with Gasteiger partial charge in [-0.1, -0.05) is 30.3 Å². The van der Waals surface area contributed by atoms with Crippen molar-refractivity contribution >= 4 is 45.8 Å². The van der Waals surface area contributed by atoms with E-state index in [1.54, 1.807) is 31.0 Å². The van der Waals surface area contributed by atoms with Crippen molar-refractivity contribution in [3.63, 3.8) is 0 Å². The molecule has 1 saturated heterocycles. The first kappa shape index (κ1) is 30.3. The molecular weight excluding hydrogens is 596 g/mol. The standard InChI is InChI=1S/C32H33ClN8O4/c1-4-28(42)36-22-7-5-20(6-8-22)15-27-37-31-25(24-17-23(43-2)18-26(44-3)29(24)33)16-21-19-35-32(38-30(21)41(31)39-27)34-9-10-40-11-13-45-14-12-40/h4-8,16-19H,1,9-15H2,2-3H3,(H,36,42)(H,34,35,38). The summed E-state index contributed by atoms with van der Waals surface area (Å²) >= 11 is 6.84. The number of nitrogens with zero attached hydrogens (tertiary/aromatic N) is 6. The van der Waals surface area contributed by atoms with Gasteiger partial charge >= 0.3 is 0 Å². The van der Waals surface area contributed by atoms with Gasteiger partial charge in [-0.25, -0.2) is 9.97 Å². The zero-order valence-corrected chi connectivity index (χ0v) is 25.8. The van der Waals surface area contributed by atoms with Gasteiger partial charge < -0.3 is 24.8 Å². The monoisotopic (exact) mass is 628 g/mol. The molecule has 2 N–H and O–H groups in total. The summed E-state index contributed by atoms with van der Waals surface area (Å²) in [6, 6.07) is 13.0. The van der Waals surface area contributed by atoms with E-state index in [4.69, 9.17) is 40.9 Å². The molecule has 2 aromatic carbocycles. The highest BCUT2D eigenvalue weighted by Crippen LogP contribution is 2.41. The Balaban J connectivity index is 1.39. The van der Waals surface area contributed by atoms with E-state index in [-0.39, 0.29) is 5.91 Å². The van der Waals surface area contributed by atoms with Gasteiger partial charge in [0.2, 0.25) is 11.9 Å². The van der Waals surface area contributed by atoms with Gasteiger partial charge in [-0.05, 0) is 35.9 Å². The van der Waals surface area contributed by atoms with Crippen LogP contribution >= 0.6 is 11.6 Å². The van der Waals surface area contributed by atoms with Gasteiger partial charge in [0, 0.05) is 67.1 Å². The van der Waals surface area contributed by atoms with Gasteiger partial charge in [0.15, 0.2) is 17.1 Å². The van der Waals surface area contributed by atoms with Crippen LogP contribution in [0.5, 0.6) is 11.5 Å². The molecule has 1 fully saturated rings. The highest BCUT2D eigenvalue weighted by molar-refractivity contribution is 6.35. The molecule has 0 aliphatic carbocycles. The summed E-state index contributed by atoms with van der Waals surface area (Å²) < 4.78 is 18.3. The van der Waals surface area contributed by atoms with Crippen LogP contribution in [0, 0.1) is 0 Å². The molecule has 45 heavy (non-hydrogen) atoms. The lowest BCUT2D eigenvalue weighted by Gasteiger charge is -2.26. The molecule has 0 bridgehead atoms. The average molecular weight is 629 g/mol. The Morgan fingerprint density at radius 2 is 1.87 bits per heavy atom. The number of halogens is 1. The van der Waals surface area contributed by atoms with Crippen LogP contribution in [0.25, 0.3) is 27.8 Å². The predicted octanol–water partition coefficient (Wildman–Crippen LogP) is 4.47. The van der Waals surface area contributed by atoms with Gasteiger partial charge in [-0.15, -0.1) is 5.10 Å². The number of morpholine rings is 1. The molecule has 1 aliphatic heterocycles. The molecule has 0 unspecified atom stereocenters. The highest BCUT2D eigenvalue weighted by Gasteiger charge is 2.20. The van der Waals surface area contributed by atoms with E-state index in [2.05, 4.69) is 27.1 Å². The lowest BCUT2D eigenvalue weighted by molar-refractivity contribution is -0.111. The smallest absolute Gasteiger partial charge is 0.247 e. The third-order valence-electron chi connectivity index (χ3n) is 7.53. The van der Waals surface area contributed by atoms with Gasteiger partial charge in [-0.3, -0.25) is 9.69 Å². The molecule has 6 rings (SSSR count). The van der Waals surface area contributed by atoms with E-state index in [0.29, 0.717) is 63.8 Å². The molecular formula is C32H33ClN8O4. The molecule has 0 radical (unpaired) electrons. The van der Waals surface area contributed by atoms with Crippen molar-refractivity contribution in [1.29, 1.82) is 0 Å². The molecule has 3 aromatic heterocycles. The number of rotatable bonds is 11. The quantitative estimate of drug-likeness (QED) is 0.202. The molecule has 232 valence electrons. The van der Waals surface area contributed by atoms with E-state index in [1.807, 2.05) is 36.4 Å². The molecule has 12 nitrogen and oxygen atoms in total. The summed E-state index contributed by atoms with van der Waals surface area (Å²) in [5.41, 5.74) is 4.21. The summed E-state index contributed by atoms with van der Waals surface area (Å²) in [6.45, 7) is 8.37. The van der Waals surface area contributed by atoms with Crippen molar-refractivity contribution in [2.24, 2.45) is 0 Å². The molecule has 0 spiro atoms. The fraction of sp³-hybridized carbons (Fsp3) is 0.281. The number of pyridine rings is 1. The normalized spacial score (nSPS) is 13.6. The molecule has 1 amide bonds. The minimum atomic E-state index is -0.269. The second-order valence-electron chi connectivity index (χ2n) is 10.4.